The molecule has 150 valence electrons. The Kier molecular flexibility index (Phi) is 7.00. The van der Waals surface area contributed by atoms with E-state index in [4.69, 9.17) is 18.4 Å². The molecule has 0 saturated carbocycles. The fourth-order valence-electron chi connectivity index (χ4n) is 2.05. The van der Waals surface area contributed by atoms with Crippen LogP contribution >= 0.6 is 0 Å². The molecule has 0 aromatic heterocycles. The maximum absolute atomic E-state index is 12.2. The molecule has 26 heavy (non-hydrogen) atoms. The van der Waals surface area contributed by atoms with E-state index in [0.717, 1.165) is 0 Å². The van der Waals surface area contributed by atoms with E-state index in [-0.39, 0.29) is 24.6 Å². The lowest BCUT2D eigenvalue weighted by molar-refractivity contribution is -0.192. The Morgan fingerprint density at radius 3 is 2.46 bits per heavy atom. The van der Waals surface area contributed by atoms with Gasteiger partial charge in [0.25, 0.3) is 15.9 Å². The van der Waals surface area contributed by atoms with Crippen LogP contribution in [0.3, 0.4) is 0 Å². The highest BCUT2D eigenvalue weighted by atomic mass is 32.2. The van der Waals surface area contributed by atoms with Crippen LogP contribution in [0.4, 0.5) is 4.79 Å². The largest absolute Gasteiger partial charge is 0.512 e. The predicted octanol–water partition coefficient (Wildman–Crippen LogP) is 0.700. The maximum Gasteiger partial charge on any atom is 0.512 e. The van der Waals surface area contributed by atoms with Crippen LogP contribution in [0, 0.1) is 5.41 Å². The fraction of sp³-hybridized carbons (Fsp3) is 0.800. The van der Waals surface area contributed by atoms with Gasteiger partial charge >= 0.3 is 12.1 Å². The number of ether oxygens (including phenoxy) is 3. The van der Waals surface area contributed by atoms with E-state index in [1.807, 2.05) is 0 Å². The summed E-state index contributed by atoms with van der Waals surface area (Å²) in [5, 5.41) is 2.48. The third-order valence-corrected chi connectivity index (χ3v) is 4.63. The summed E-state index contributed by atoms with van der Waals surface area (Å²) >= 11 is 0. The molecule has 0 aromatic carbocycles. The molecule has 1 aliphatic heterocycles. The predicted molar refractivity (Wildman–Crippen MR) is 88.3 cm³/mol. The first kappa shape index (κ1) is 22.2. The number of amides is 1. The number of hydrogen-bond acceptors (Lipinski definition) is 9. The Hall–Kier alpha value is -1.88. The van der Waals surface area contributed by atoms with Gasteiger partial charge in [-0.05, 0) is 6.42 Å². The van der Waals surface area contributed by atoms with Crippen LogP contribution in [0.5, 0.6) is 0 Å². The van der Waals surface area contributed by atoms with Gasteiger partial charge < -0.3 is 19.5 Å². The molecule has 10 nitrogen and oxygen atoms in total. The number of carbonyl (C=O) groups is 3. The van der Waals surface area contributed by atoms with E-state index in [0.29, 0.717) is 0 Å². The van der Waals surface area contributed by atoms with E-state index in [9.17, 15) is 22.8 Å². The second-order valence-corrected chi connectivity index (χ2v) is 8.78. The molecule has 1 fully saturated rings. The minimum atomic E-state index is -3.89. The van der Waals surface area contributed by atoms with Gasteiger partial charge in [-0.15, -0.1) is 0 Å². The van der Waals surface area contributed by atoms with Crippen molar-refractivity contribution < 1.29 is 41.2 Å². The van der Waals surface area contributed by atoms with Crippen molar-refractivity contribution in [3.63, 3.8) is 0 Å². The summed E-state index contributed by atoms with van der Waals surface area (Å²) in [4.78, 5) is 34.6. The first-order valence-electron chi connectivity index (χ1n) is 7.98. The molecule has 0 unspecified atom stereocenters. The second-order valence-electron chi connectivity index (χ2n) is 7.02. The molecule has 1 N–H and O–H groups in total. The Bertz CT molecular complexity index is 654. The van der Waals surface area contributed by atoms with Crippen molar-refractivity contribution in [1.29, 1.82) is 0 Å². The van der Waals surface area contributed by atoms with Crippen molar-refractivity contribution >= 4 is 28.1 Å². The fourth-order valence-corrected chi connectivity index (χ4v) is 3.15. The van der Waals surface area contributed by atoms with E-state index in [1.165, 1.54) is 34.6 Å². The average molecular weight is 395 g/mol. The quantitative estimate of drug-likeness (QED) is 0.358. The van der Waals surface area contributed by atoms with E-state index in [1.54, 1.807) is 0 Å². The van der Waals surface area contributed by atoms with Crippen LogP contribution in [0.1, 0.15) is 41.0 Å². The summed E-state index contributed by atoms with van der Waals surface area (Å²) in [6.07, 6.45) is -2.33. The van der Waals surface area contributed by atoms with Gasteiger partial charge in [0.05, 0.1) is 12.4 Å². The number of carbonyl (C=O) groups excluding carboxylic acids is 3. The molecule has 0 aromatic rings. The number of rotatable bonds is 8. The number of hydrogen-bond donors (Lipinski definition) is 1. The van der Waals surface area contributed by atoms with Crippen molar-refractivity contribution in [2.24, 2.45) is 5.41 Å². The van der Waals surface area contributed by atoms with Gasteiger partial charge in [-0.3, -0.25) is 8.98 Å². The lowest BCUT2D eigenvalue weighted by Gasteiger charge is -2.29. The third-order valence-electron chi connectivity index (χ3n) is 3.37. The monoisotopic (exact) mass is 395 g/mol. The zero-order valence-electron chi connectivity index (χ0n) is 15.5. The molecule has 1 aliphatic rings. The Labute approximate surface area is 152 Å². The summed E-state index contributed by atoms with van der Waals surface area (Å²) in [5.74, 6) is -2.93. The summed E-state index contributed by atoms with van der Waals surface area (Å²) < 4.78 is 43.7. The van der Waals surface area contributed by atoms with Gasteiger partial charge in [-0.25, -0.2) is 9.59 Å². The average Bonchev–Trinajstić information content (AvgIpc) is 2.56. The molecule has 0 aliphatic carbocycles. The molecule has 1 atom stereocenters. The van der Waals surface area contributed by atoms with Crippen LogP contribution < -0.4 is 5.32 Å². The van der Waals surface area contributed by atoms with E-state index in [2.05, 4.69) is 5.32 Å². The van der Waals surface area contributed by atoms with Crippen LogP contribution in [-0.2, 0) is 38.1 Å². The van der Waals surface area contributed by atoms with Crippen LogP contribution in [0.25, 0.3) is 0 Å². The normalized spacial score (nSPS) is 20.4. The number of nitrogens with one attached hydrogen (secondary N) is 1. The van der Waals surface area contributed by atoms with Gasteiger partial charge in [0.1, 0.15) is 0 Å². The first-order chi connectivity index (χ1) is 11.7. The molecule has 0 radical (unpaired) electrons. The van der Waals surface area contributed by atoms with Crippen molar-refractivity contribution in [2.75, 3.05) is 18.9 Å². The van der Waals surface area contributed by atoms with Crippen molar-refractivity contribution in [2.45, 2.75) is 52.9 Å². The van der Waals surface area contributed by atoms with Gasteiger partial charge in [0.15, 0.2) is 0 Å². The van der Waals surface area contributed by atoms with Crippen molar-refractivity contribution in [3.8, 4) is 0 Å². The summed E-state index contributed by atoms with van der Waals surface area (Å²) in [6.45, 7) is 6.85. The maximum atomic E-state index is 12.2. The topological polar surface area (TPSA) is 134 Å². The van der Waals surface area contributed by atoms with Gasteiger partial charge in [0, 0.05) is 32.7 Å². The highest BCUT2D eigenvalue weighted by Gasteiger charge is 2.47. The summed E-state index contributed by atoms with van der Waals surface area (Å²) in [5.41, 5.74) is -1.19. The van der Waals surface area contributed by atoms with Gasteiger partial charge in [-0.1, -0.05) is 13.8 Å². The molecule has 1 rings (SSSR count). The molecule has 0 spiro atoms. The Morgan fingerprint density at radius 2 is 1.88 bits per heavy atom. The highest BCUT2D eigenvalue weighted by Crippen LogP contribution is 2.30. The molecular weight excluding hydrogens is 370 g/mol. The SMILES string of the molecule is CC(=O)NCCCS(=O)(=O)OCC(C)(C)[C@H]1OC(=O)OC(C)(C)OC1=O. The standard InChI is InChI=1S/C15H25NO9S/c1-10(17)16-7-6-8-26(20,21)22-9-14(2,3)11-12(18)24-15(4,5)25-13(19)23-11/h11H,6-9H2,1-5H3,(H,16,17)/t11-/m0/s1. The van der Waals surface area contributed by atoms with Crippen LogP contribution in [-0.4, -0.2) is 57.2 Å². The summed E-state index contributed by atoms with van der Waals surface area (Å²) in [6, 6.07) is 0. The smallest absolute Gasteiger partial charge is 0.420 e. The van der Waals surface area contributed by atoms with E-state index < -0.39 is 46.2 Å². The van der Waals surface area contributed by atoms with Gasteiger partial charge in [0.2, 0.25) is 12.0 Å². The molecule has 1 saturated heterocycles. The Balaban J connectivity index is 2.68. The third kappa shape index (κ3) is 7.16. The Morgan fingerprint density at radius 1 is 1.27 bits per heavy atom. The molecule has 1 amide bonds. The van der Waals surface area contributed by atoms with Crippen molar-refractivity contribution in [3.05, 3.63) is 0 Å². The molecule has 11 heteroatoms. The van der Waals surface area contributed by atoms with Gasteiger partial charge in [-0.2, -0.15) is 8.42 Å². The lowest BCUT2D eigenvalue weighted by Crippen LogP contribution is -2.44. The second kappa shape index (κ2) is 8.21. The first-order valence-corrected chi connectivity index (χ1v) is 9.56. The van der Waals surface area contributed by atoms with E-state index >= 15 is 0 Å². The molecular formula is C15H25NO9S. The highest BCUT2D eigenvalue weighted by molar-refractivity contribution is 7.86. The number of esters is 1. The zero-order valence-corrected chi connectivity index (χ0v) is 16.3. The molecule has 1 heterocycles. The lowest BCUT2D eigenvalue weighted by atomic mass is 9.87. The summed E-state index contributed by atoms with van der Waals surface area (Å²) in [7, 11) is -3.89. The zero-order chi connectivity index (χ0) is 20.2. The minimum absolute atomic E-state index is 0.171. The molecule has 0 bridgehead atoms. The number of cyclic esters (lactones) is 3. The van der Waals surface area contributed by atoms with Crippen LogP contribution in [0.2, 0.25) is 0 Å². The minimum Gasteiger partial charge on any atom is -0.420 e. The van der Waals surface area contributed by atoms with Crippen LogP contribution in [0.15, 0.2) is 0 Å². The van der Waals surface area contributed by atoms with Crippen molar-refractivity contribution in [1.82, 2.24) is 5.32 Å².